The third-order valence-electron chi connectivity index (χ3n) is 3.57. The minimum absolute atomic E-state index is 0.361. The van der Waals surface area contributed by atoms with E-state index in [1.54, 1.807) is 16.7 Å². The van der Waals surface area contributed by atoms with E-state index in [4.69, 9.17) is 16.6 Å². The maximum atomic E-state index is 12.4. The SMILES string of the molecule is O=c1oc2ccccc2cc1-c1n[nH]c(=S)n1-c1ccccc1. The van der Waals surface area contributed by atoms with E-state index in [0.717, 1.165) is 11.1 Å². The molecule has 0 radical (unpaired) electrons. The van der Waals surface area contributed by atoms with Crippen LogP contribution in [0, 0.1) is 4.77 Å². The molecule has 4 aromatic rings. The molecule has 0 aliphatic carbocycles. The molecule has 1 N–H and O–H groups in total. The molecule has 6 heteroatoms. The fourth-order valence-corrected chi connectivity index (χ4v) is 2.75. The molecule has 0 aliphatic heterocycles. The number of benzene rings is 2. The van der Waals surface area contributed by atoms with Crippen molar-refractivity contribution in [3.05, 3.63) is 75.9 Å². The number of rotatable bonds is 2. The van der Waals surface area contributed by atoms with Gasteiger partial charge in [0.25, 0.3) is 0 Å². The lowest BCUT2D eigenvalue weighted by molar-refractivity contribution is 0.562. The third kappa shape index (κ3) is 2.29. The van der Waals surface area contributed by atoms with Crippen molar-refractivity contribution in [3.8, 4) is 17.1 Å². The highest BCUT2D eigenvalue weighted by molar-refractivity contribution is 7.71. The number of H-pyrrole nitrogens is 1. The summed E-state index contributed by atoms with van der Waals surface area (Å²) in [5.41, 5.74) is 1.28. The Morgan fingerprint density at radius 3 is 2.61 bits per heavy atom. The molecular weight excluding hydrogens is 310 g/mol. The second kappa shape index (κ2) is 5.33. The molecule has 23 heavy (non-hydrogen) atoms. The van der Waals surface area contributed by atoms with Crippen LogP contribution in [0.4, 0.5) is 0 Å². The van der Waals surface area contributed by atoms with E-state index in [1.165, 1.54) is 0 Å². The fourth-order valence-electron chi connectivity index (χ4n) is 2.51. The Labute approximate surface area is 135 Å². The summed E-state index contributed by atoms with van der Waals surface area (Å²) in [5, 5.41) is 7.79. The second-order valence-corrected chi connectivity index (χ2v) is 5.40. The van der Waals surface area contributed by atoms with Gasteiger partial charge in [-0.1, -0.05) is 36.4 Å². The van der Waals surface area contributed by atoms with Gasteiger partial charge in [-0.05, 0) is 36.5 Å². The standard InChI is InChI=1S/C17H11N3O2S/c21-16-13(10-11-6-4-5-9-14(11)22-16)15-18-19-17(23)20(15)12-7-2-1-3-8-12/h1-10H,(H,19,23). The molecule has 0 unspecified atom stereocenters. The normalized spacial score (nSPS) is 11.0. The number of para-hydroxylation sites is 2. The maximum Gasteiger partial charge on any atom is 0.347 e. The van der Waals surface area contributed by atoms with Gasteiger partial charge in [-0.15, -0.1) is 0 Å². The second-order valence-electron chi connectivity index (χ2n) is 5.01. The third-order valence-corrected chi connectivity index (χ3v) is 3.84. The average Bonchev–Trinajstić information content (AvgIpc) is 2.96. The Morgan fingerprint density at radius 2 is 1.78 bits per heavy atom. The maximum absolute atomic E-state index is 12.4. The van der Waals surface area contributed by atoms with Crippen molar-refractivity contribution in [3.63, 3.8) is 0 Å². The molecule has 0 fully saturated rings. The number of aromatic nitrogens is 3. The van der Waals surface area contributed by atoms with Crippen LogP contribution < -0.4 is 5.63 Å². The van der Waals surface area contributed by atoms with Crippen LogP contribution in [0.25, 0.3) is 28.0 Å². The van der Waals surface area contributed by atoms with Gasteiger partial charge < -0.3 is 4.42 Å². The van der Waals surface area contributed by atoms with Gasteiger partial charge in [-0.3, -0.25) is 9.67 Å². The van der Waals surface area contributed by atoms with Crippen molar-refractivity contribution in [1.29, 1.82) is 0 Å². The molecule has 0 amide bonds. The van der Waals surface area contributed by atoms with Crippen molar-refractivity contribution < 1.29 is 4.42 Å². The molecule has 112 valence electrons. The number of fused-ring (bicyclic) bond motifs is 1. The minimum atomic E-state index is -0.449. The number of nitrogens with zero attached hydrogens (tertiary/aromatic N) is 2. The van der Waals surface area contributed by atoms with Crippen molar-refractivity contribution in [1.82, 2.24) is 14.8 Å². The van der Waals surface area contributed by atoms with Crippen LogP contribution in [0.1, 0.15) is 0 Å². The molecule has 0 bridgehead atoms. The van der Waals surface area contributed by atoms with Crippen molar-refractivity contribution >= 4 is 23.2 Å². The van der Waals surface area contributed by atoms with Gasteiger partial charge in [-0.2, -0.15) is 5.10 Å². The highest BCUT2D eigenvalue weighted by Crippen LogP contribution is 2.22. The first-order chi connectivity index (χ1) is 11.2. The first-order valence-electron chi connectivity index (χ1n) is 7.00. The summed E-state index contributed by atoms with van der Waals surface area (Å²) >= 11 is 5.31. The average molecular weight is 321 g/mol. The predicted octanol–water partition coefficient (Wildman–Crippen LogP) is 3.70. The lowest BCUT2D eigenvalue weighted by atomic mass is 10.1. The Hall–Kier alpha value is -2.99. The van der Waals surface area contributed by atoms with Gasteiger partial charge in [0, 0.05) is 11.1 Å². The number of hydrogen-bond acceptors (Lipinski definition) is 4. The molecule has 2 aromatic heterocycles. The summed E-state index contributed by atoms with van der Waals surface area (Å²) in [7, 11) is 0. The molecule has 2 aromatic carbocycles. The summed E-state index contributed by atoms with van der Waals surface area (Å²) < 4.78 is 7.52. The van der Waals surface area contributed by atoms with Crippen LogP contribution in [-0.4, -0.2) is 14.8 Å². The Balaban J connectivity index is 2.01. The highest BCUT2D eigenvalue weighted by atomic mass is 32.1. The Morgan fingerprint density at radius 1 is 1.04 bits per heavy atom. The van der Waals surface area contributed by atoms with Crippen molar-refractivity contribution in [2.75, 3.05) is 0 Å². The Bertz CT molecular complexity index is 1110. The van der Waals surface area contributed by atoms with E-state index < -0.39 is 5.63 Å². The zero-order chi connectivity index (χ0) is 15.8. The first-order valence-corrected chi connectivity index (χ1v) is 7.41. The molecule has 5 nitrogen and oxygen atoms in total. The number of nitrogens with one attached hydrogen (secondary N) is 1. The molecule has 0 saturated carbocycles. The van der Waals surface area contributed by atoms with Gasteiger partial charge in [0.1, 0.15) is 11.1 Å². The monoisotopic (exact) mass is 321 g/mol. The van der Waals surface area contributed by atoms with Crippen LogP contribution in [0.15, 0.2) is 69.9 Å². The van der Waals surface area contributed by atoms with Crippen LogP contribution >= 0.6 is 12.2 Å². The largest absolute Gasteiger partial charge is 0.422 e. The molecule has 0 aliphatic rings. The summed E-state index contributed by atoms with van der Waals surface area (Å²) in [6.45, 7) is 0. The molecular formula is C17H11N3O2S. The number of aromatic amines is 1. The van der Waals surface area contributed by atoms with Crippen LogP contribution in [0.2, 0.25) is 0 Å². The van der Waals surface area contributed by atoms with Gasteiger partial charge in [-0.25, -0.2) is 4.79 Å². The highest BCUT2D eigenvalue weighted by Gasteiger charge is 2.16. The quantitative estimate of drug-likeness (QED) is 0.451. The van der Waals surface area contributed by atoms with Gasteiger partial charge in [0.05, 0.1) is 0 Å². The van der Waals surface area contributed by atoms with E-state index in [9.17, 15) is 4.79 Å². The molecule has 0 saturated heterocycles. The van der Waals surface area contributed by atoms with Crippen molar-refractivity contribution in [2.24, 2.45) is 0 Å². The summed E-state index contributed by atoms with van der Waals surface area (Å²) in [4.78, 5) is 12.4. The first kappa shape index (κ1) is 13.7. The molecule has 4 rings (SSSR count). The zero-order valence-corrected chi connectivity index (χ0v) is 12.7. The molecule has 2 heterocycles. The predicted molar refractivity (Wildman–Crippen MR) is 90.2 cm³/mol. The minimum Gasteiger partial charge on any atom is -0.422 e. The van der Waals surface area contributed by atoms with E-state index in [1.807, 2.05) is 48.5 Å². The van der Waals surface area contributed by atoms with Gasteiger partial charge in [0.15, 0.2) is 10.6 Å². The van der Waals surface area contributed by atoms with E-state index >= 15 is 0 Å². The smallest absolute Gasteiger partial charge is 0.347 e. The topological polar surface area (TPSA) is 63.8 Å². The van der Waals surface area contributed by atoms with E-state index in [2.05, 4.69) is 10.2 Å². The zero-order valence-electron chi connectivity index (χ0n) is 11.9. The van der Waals surface area contributed by atoms with Gasteiger partial charge in [0.2, 0.25) is 0 Å². The molecule has 0 atom stereocenters. The lowest BCUT2D eigenvalue weighted by Gasteiger charge is -2.06. The number of hydrogen-bond donors (Lipinski definition) is 1. The van der Waals surface area contributed by atoms with Gasteiger partial charge >= 0.3 is 5.63 Å². The van der Waals surface area contributed by atoms with Crippen LogP contribution in [-0.2, 0) is 0 Å². The van der Waals surface area contributed by atoms with Crippen LogP contribution in [0.3, 0.4) is 0 Å². The van der Waals surface area contributed by atoms with E-state index in [-0.39, 0.29) is 0 Å². The molecule has 0 spiro atoms. The lowest BCUT2D eigenvalue weighted by Crippen LogP contribution is -2.07. The summed E-state index contributed by atoms with van der Waals surface area (Å²) in [5.74, 6) is 0.431. The Kier molecular flexibility index (Phi) is 3.17. The summed E-state index contributed by atoms with van der Waals surface area (Å²) in [6.07, 6.45) is 0. The van der Waals surface area contributed by atoms with Crippen LogP contribution in [0.5, 0.6) is 0 Å². The summed E-state index contributed by atoms with van der Waals surface area (Å²) in [6, 6.07) is 18.6. The fraction of sp³-hybridized carbons (Fsp3) is 0. The van der Waals surface area contributed by atoms with Crippen molar-refractivity contribution in [2.45, 2.75) is 0 Å². The van der Waals surface area contributed by atoms with E-state index in [0.29, 0.717) is 21.7 Å².